The number of nitro benzene ring substituents is 1. The van der Waals surface area contributed by atoms with E-state index in [1.807, 2.05) is 16.8 Å². The largest absolute Gasteiger partial charge is 0.347 e. The van der Waals surface area contributed by atoms with Gasteiger partial charge in [0.25, 0.3) is 5.69 Å². The molecule has 1 aromatic heterocycles. The highest BCUT2D eigenvalue weighted by Gasteiger charge is 2.42. The van der Waals surface area contributed by atoms with Gasteiger partial charge < -0.3 is 4.57 Å². The first-order valence-electron chi connectivity index (χ1n) is 6.24. The predicted octanol–water partition coefficient (Wildman–Crippen LogP) is 3.24. The highest BCUT2D eigenvalue weighted by Crippen LogP contribution is 2.50. The lowest BCUT2D eigenvalue weighted by molar-refractivity contribution is -0.384. The molecule has 3 rings (SSSR count). The molecule has 0 radical (unpaired) electrons. The molecule has 0 saturated heterocycles. The molecule has 0 aliphatic heterocycles. The van der Waals surface area contributed by atoms with Crippen molar-refractivity contribution in [3.63, 3.8) is 0 Å². The van der Waals surface area contributed by atoms with Crippen molar-refractivity contribution in [3.05, 3.63) is 40.6 Å². The highest BCUT2D eigenvalue weighted by molar-refractivity contribution is 5.82. The van der Waals surface area contributed by atoms with Crippen LogP contribution in [0.15, 0.2) is 30.5 Å². The van der Waals surface area contributed by atoms with Crippen LogP contribution in [0.3, 0.4) is 0 Å². The normalized spacial score (nSPS) is 16.2. The second-order valence-electron chi connectivity index (χ2n) is 5.28. The maximum atomic E-state index is 10.8. The Hall–Kier alpha value is -2.35. The number of benzene rings is 1. The lowest BCUT2D eigenvalue weighted by Crippen LogP contribution is -2.10. The van der Waals surface area contributed by atoms with Crippen molar-refractivity contribution >= 4 is 16.6 Å². The topological polar surface area (TPSA) is 71.9 Å². The summed E-state index contributed by atoms with van der Waals surface area (Å²) in [5, 5.41) is 20.7. The molecule has 0 atom stereocenters. The van der Waals surface area contributed by atoms with Gasteiger partial charge in [-0.3, -0.25) is 10.1 Å². The van der Waals surface area contributed by atoms with Gasteiger partial charge >= 0.3 is 0 Å². The van der Waals surface area contributed by atoms with Gasteiger partial charge in [0.15, 0.2) is 0 Å². The number of aromatic nitrogens is 1. The second-order valence-corrected chi connectivity index (χ2v) is 5.28. The summed E-state index contributed by atoms with van der Waals surface area (Å²) in [6.45, 7) is 0.769. The zero-order valence-electron chi connectivity index (χ0n) is 10.4. The summed E-state index contributed by atoms with van der Waals surface area (Å²) in [7, 11) is 0. The first-order valence-corrected chi connectivity index (χ1v) is 6.24. The highest BCUT2D eigenvalue weighted by atomic mass is 16.6. The quantitative estimate of drug-likeness (QED) is 0.621. The maximum absolute atomic E-state index is 10.8. The molecular formula is C14H13N3O2. The van der Waals surface area contributed by atoms with Crippen LogP contribution < -0.4 is 0 Å². The number of fused-ring (bicyclic) bond motifs is 1. The van der Waals surface area contributed by atoms with Crippen LogP contribution >= 0.6 is 0 Å². The summed E-state index contributed by atoms with van der Waals surface area (Å²) in [5.74, 6) is 0. The summed E-state index contributed by atoms with van der Waals surface area (Å²) < 4.78 is 2.03. The van der Waals surface area contributed by atoms with E-state index < -0.39 is 0 Å². The van der Waals surface area contributed by atoms with Crippen molar-refractivity contribution < 1.29 is 4.92 Å². The zero-order chi connectivity index (χ0) is 13.5. The van der Waals surface area contributed by atoms with Crippen molar-refractivity contribution in [1.82, 2.24) is 4.57 Å². The Morgan fingerprint density at radius 3 is 2.84 bits per heavy atom. The lowest BCUT2D eigenvalue weighted by Gasteiger charge is -2.13. The Bertz CT molecular complexity index is 692. The number of rotatable bonds is 4. The van der Waals surface area contributed by atoms with Crippen molar-refractivity contribution in [2.24, 2.45) is 5.41 Å². The Morgan fingerprint density at radius 2 is 2.21 bits per heavy atom. The third-order valence-electron chi connectivity index (χ3n) is 3.89. The fourth-order valence-corrected chi connectivity index (χ4v) is 2.52. The summed E-state index contributed by atoms with van der Waals surface area (Å²) in [6, 6.07) is 9.10. The van der Waals surface area contributed by atoms with E-state index in [0.29, 0.717) is 6.42 Å². The molecule has 1 aliphatic carbocycles. The van der Waals surface area contributed by atoms with Gasteiger partial charge in [0.05, 0.1) is 16.5 Å². The van der Waals surface area contributed by atoms with Gasteiger partial charge in [-0.25, -0.2) is 0 Å². The molecule has 5 heteroatoms. The Balaban J connectivity index is 1.98. The van der Waals surface area contributed by atoms with E-state index in [-0.39, 0.29) is 16.0 Å². The third kappa shape index (κ3) is 2.06. The first kappa shape index (κ1) is 11.7. The molecular weight excluding hydrogens is 242 g/mol. The minimum Gasteiger partial charge on any atom is -0.347 e. The maximum Gasteiger partial charge on any atom is 0.271 e. The van der Waals surface area contributed by atoms with Crippen LogP contribution in [0, 0.1) is 26.9 Å². The molecule has 19 heavy (non-hydrogen) atoms. The minimum atomic E-state index is -0.376. The van der Waals surface area contributed by atoms with Gasteiger partial charge in [0, 0.05) is 42.1 Å². The van der Waals surface area contributed by atoms with Crippen molar-refractivity contribution in [3.8, 4) is 6.07 Å². The molecule has 96 valence electrons. The fourth-order valence-electron chi connectivity index (χ4n) is 2.52. The molecule has 0 amide bonds. The molecule has 1 fully saturated rings. The van der Waals surface area contributed by atoms with Crippen molar-refractivity contribution in [1.29, 1.82) is 5.26 Å². The van der Waals surface area contributed by atoms with E-state index in [2.05, 4.69) is 6.07 Å². The molecule has 5 nitrogen and oxygen atoms in total. The van der Waals surface area contributed by atoms with Gasteiger partial charge in [-0.05, 0) is 25.0 Å². The Morgan fingerprint density at radius 1 is 1.42 bits per heavy atom. The van der Waals surface area contributed by atoms with E-state index in [0.717, 1.165) is 30.3 Å². The second kappa shape index (κ2) is 4.09. The van der Waals surface area contributed by atoms with Crippen LogP contribution in [0.4, 0.5) is 5.69 Å². The number of non-ortho nitro benzene ring substituents is 1. The molecule has 0 spiro atoms. The fraction of sp³-hybridized carbons (Fsp3) is 0.357. The van der Waals surface area contributed by atoms with E-state index in [1.54, 1.807) is 12.1 Å². The average molecular weight is 255 g/mol. The van der Waals surface area contributed by atoms with Crippen LogP contribution in [0.5, 0.6) is 0 Å². The summed E-state index contributed by atoms with van der Waals surface area (Å²) in [6.07, 6.45) is 4.64. The molecule has 1 saturated carbocycles. The van der Waals surface area contributed by atoms with Gasteiger partial charge in [-0.15, -0.1) is 0 Å². The van der Waals surface area contributed by atoms with E-state index in [1.165, 1.54) is 6.07 Å². The smallest absolute Gasteiger partial charge is 0.271 e. The lowest BCUT2D eigenvalue weighted by atomic mass is 10.0. The van der Waals surface area contributed by atoms with E-state index in [4.69, 9.17) is 5.26 Å². The average Bonchev–Trinajstić information content (AvgIpc) is 3.03. The molecule has 0 bridgehead atoms. The van der Waals surface area contributed by atoms with Crippen LogP contribution in [0.1, 0.15) is 19.3 Å². The van der Waals surface area contributed by atoms with Crippen LogP contribution in [0.25, 0.3) is 10.9 Å². The standard InChI is InChI=1S/C14H13N3O2/c15-7-6-14(4-5-14)10-16-8-3-11-1-2-12(17(18)19)9-13(11)16/h1-3,8-9H,4-6,10H2. The first-order chi connectivity index (χ1) is 9.13. The Kier molecular flexibility index (Phi) is 2.53. The molecule has 1 aliphatic rings. The number of nitro groups is 1. The van der Waals surface area contributed by atoms with Gasteiger partial charge in [-0.1, -0.05) is 0 Å². The third-order valence-corrected chi connectivity index (χ3v) is 3.89. The van der Waals surface area contributed by atoms with Crippen molar-refractivity contribution in [2.75, 3.05) is 0 Å². The SMILES string of the molecule is N#CCC1(Cn2ccc3ccc([N+](=O)[O-])cc32)CC1. The molecule has 2 aromatic rings. The van der Waals surface area contributed by atoms with Gasteiger partial charge in [0.1, 0.15) is 0 Å². The number of nitriles is 1. The van der Waals surface area contributed by atoms with Crippen LogP contribution in [-0.2, 0) is 6.54 Å². The molecule has 1 heterocycles. The number of nitrogens with zero attached hydrogens (tertiary/aromatic N) is 3. The van der Waals surface area contributed by atoms with Crippen molar-refractivity contribution in [2.45, 2.75) is 25.8 Å². The van der Waals surface area contributed by atoms with Crippen LogP contribution in [-0.4, -0.2) is 9.49 Å². The van der Waals surface area contributed by atoms with E-state index >= 15 is 0 Å². The number of hydrogen-bond donors (Lipinski definition) is 0. The predicted molar refractivity (Wildman–Crippen MR) is 70.5 cm³/mol. The zero-order valence-corrected chi connectivity index (χ0v) is 10.4. The Labute approximate surface area is 110 Å². The summed E-state index contributed by atoms with van der Waals surface area (Å²) in [4.78, 5) is 10.5. The summed E-state index contributed by atoms with van der Waals surface area (Å²) in [5.41, 5.74) is 1.07. The molecule has 0 N–H and O–H groups in total. The van der Waals surface area contributed by atoms with Gasteiger partial charge in [-0.2, -0.15) is 5.26 Å². The monoisotopic (exact) mass is 255 g/mol. The van der Waals surface area contributed by atoms with Crippen LogP contribution in [0.2, 0.25) is 0 Å². The summed E-state index contributed by atoms with van der Waals surface area (Å²) >= 11 is 0. The van der Waals surface area contributed by atoms with E-state index in [9.17, 15) is 10.1 Å². The minimum absolute atomic E-state index is 0.0886. The molecule has 0 unspecified atom stereocenters. The molecule has 1 aromatic carbocycles. The van der Waals surface area contributed by atoms with Gasteiger partial charge in [0.2, 0.25) is 0 Å². The number of hydrogen-bond acceptors (Lipinski definition) is 3.